The number of nitrogens with zero attached hydrogens (tertiary/aromatic N) is 2. The number of hydrogen-bond acceptors (Lipinski definition) is 7. The van der Waals surface area contributed by atoms with Gasteiger partial charge in [-0.25, -0.2) is 4.79 Å². The van der Waals surface area contributed by atoms with Gasteiger partial charge in [0.25, 0.3) is 0 Å². The van der Waals surface area contributed by atoms with Crippen molar-refractivity contribution in [2.75, 3.05) is 37.4 Å². The van der Waals surface area contributed by atoms with Crippen molar-refractivity contribution in [3.63, 3.8) is 0 Å². The van der Waals surface area contributed by atoms with Crippen LogP contribution < -0.4 is 10.6 Å². The van der Waals surface area contributed by atoms with Gasteiger partial charge in [-0.2, -0.15) is 4.37 Å². The van der Waals surface area contributed by atoms with E-state index in [2.05, 4.69) is 9.27 Å². The van der Waals surface area contributed by atoms with Crippen LogP contribution in [0, 0.1) is 0 Å². The highest BCUT2D eigenvalue weighted by Crippen LogP contribution is 2.32. The first kappa shape index (κ1) is 13.1. The SMILES string of the molecule is COC(=O)c1c(N)nsc1N1CCCOC(C)C1. The lowest BCUT2D eigenvalue weighted by Crippen LogP contribution is -2.30. The molecular formula is C11H17N3O3S. The molecule has 1 unspecified atom stereocenters. The standard InChI is InChI=1S/C11H17N3O3S/c1-7-6-14(4-3-5-17-7)10-8(11(15)16-2)9(12)13-18-10/h7H,3-6H2,1-2H3,(H2,12,13). The van der Waals surface area contributed by atoms with Gasteiger partial charge in [0.15, 0.2) is 5.82 Å². The van der Waals surface area contributed by atoms with Crippen molar-refractivity contribution in [1.82, 2.24) is 4.37 Å². The Bertz CT molecular complexity index is 435. The lowest BCUT2D eigenvalue weighted by Gasteiger charge is -2.22. The zero-order valence-electron chi connectivity index (χ0n) is 10.5. The third-order valence-corrected chi connectivity index (χ3v) is 3.75. The summed E-state index contributed by atoms with van der Waals surface area (Å²) in [5.74, 6) is -0.200. The van der Waals surface area contributed by atoms with Gasteiger partial charge in [-0.3, -0.25) is 0 Å². The van der Waals surface area contributed by atoms with Crippen LogP contribution in [0.1, 0.15) is 23.7 Å². The van der Waals surface area contributed by atoms with Crippen LogP contribution in [-0.2, 0) is 9.47 Å². The maximum atomic E-state index is 11.7. The number of esters is 1. The normalized spacial score (nSPS) is 20.6. The molecule has 100 valence electrons. The number of anilines is 2. The van der Waals surface area contributed by atoms with Crippen LogP contribution in [0.5, 0.6) is 0 Å². The van der Waals surface area contributed by atoms with Crippen molar-refractivity contribution in [2.45, 2.75) is 19.4 Å². The Labute approximate surface area is 110 Å². The molecule has 1 aromatic rings. The van der Waals surface area contributed by atoms with Crippen LogP contribution in [-0.4, -0.2) is 43.3 Å². The summed E-state index contributed by atoms with van der Waals surface area (Å²) in [6.45, 7) is 4.31. The van der Waals surface area contributed by atoms with Gasteiger partial charge in [-0.05, 0) is 24.9 Å². The fourth-order valence-corrected chi connectivity index (χ4v) is 2.82. The van der Waals surface area contributed by atoms with E-state index in [9.17, 15) is 4.79 Å². The molecule has 1 aromatic heterocycles. The number of ether oxygens (including phenoxy) is 2. The molecule has 18 heavy (non-hydrogen) atoms. The maximum absolute atomic E-state index is 11.7. The minimum Gasteiger partial charge on any atom is -0.465 e. The first-order chi connectivity index (χ1) is 8.63. The number of aromatic nitrogens is 1. The Balaban J connectivity index is 2.29. The van der Waals surface area contributed by atoms with Crippen molar-refractivity contribution < 1.29 is 14.3 Å². The lowest BCUT2D eigenvalue weighted by molar-refractivity contribution is 0.0602. The number of carbonyl (C=O) groups is 1. The van der Waals surface area contributed by atoms with Crippen LogP contribution in [0.3, 0.4) is 0 Å². The molecule has 0 radical (unpaired) electrons. The fourth-order valence-electron chi connectivity index (χ4n) is 1.98. The summed E-state index contributed by atoms with van der Waals surface area (Å²) in [5, 5.41) is 0.775. The van der Waals surface area contributed by atoms with E-state index in [1.54, 1.807) is 0 Å². The molecule has 1 fully saturated rings. The second kappa shape index (κ2) is 5.53. The Morgan fingerprint density at radius 2 is 2.44 bits per heavy atom. The number of nitrogen functional groups attached to an aromatic ring is 1. The molecule has 0 spiro atoms. The third-order valence-electron chi connectivity index (χ3n) is 2.83. The van der Waals surface area contributed by atoms with Gasteiger partial charge in [-0.1, -0.05) is 0 Å². The summed E-state index contributed by atoms with van der Waals surface area (Å²) in [7, 11) is 1.34. The first-order valence-corrected chi connectivity index (χ1v) is 6.60. The fraction of sp³-hybridized carbons (Fsp3) is 0.636. The summed E-state index contributed by atoms with van der Waals surface area (Å²) >= 11 is 1.23. The molecule has 0 amide bonds. The highest BCUT2D eigenvalue weighted by atomic mass is 32.1. The second-order valence-electron chi connectivity index (χ2n) is 4.22. The summed E-state index contributed by atoms with van der Waals surface area (Å²) in [4.78, 5) is 13.8. The minimum absolute atomic E-state index is 0.126. The molecule has 0 aliphatic carbocycles. The van der Waals surface area contributed by atoms with Gasteiger partial charge in [0.1, 0.15) is 10.6 Å². The van der Waals surface area contributed by atoms with E-state index < -0.39 is 5.97 Å². The molecule has 2 rings (SSSR count). The predicted molar refractivity (Wildman–Crippen MR) is 70.1 cm³/mol. The van der Waals surface area contributed by atoms with E-state index in [1.807, 2.05) is 6.92 Å². The molecule has 2 N–H and O–H groups in total. The molecule has 0 bridgehead atoms. The summed E-state index contributed by atoms with van der Waals surface area (Å²) in [5.41, 5.74) is 6.11. The number of rotatable bonds is 2. The van der Waals surface area contributed by atoms with Crippen molar-refractivity contribution in [3.8, 4) is 0 Å². The van der Waals surface area contributed by atoms with Gasteiger partial charge >= 0.3 is 5.97 Å². The van der Waals surface area contributed by atoms with Crippen LogP contribution in [0.25, 0.3) is 0 Å². The smallest absolute Gasteiger partial charge is 0.344 e. The molecule has 2 heterocycles. The quantitative estimate of drug-likeness (QED) is 0.812. The largest absolute Gasteiger partial charge is 0.465 e. The number of carbonyl (C=O) groups excluding carboxylic acids is 1. The van der Waals surface area contributed by atoms with E-state index in [0.717, 1.165) is 31.1 Å². The third kappa shape index (κ3) is 2.56. The zero-order chi connectivity index (χ0) is 13.1. The van der Waals surface area contributed by atoms with Crippen LogP contribution >= 0.6 is 11.5 Å². The molecule has 1 saturated heterocycles. The topological polar surface area (TPSA) is 77.7 Å². The van der Waals surface area contributed by atoms with Crippen molar-refractivity contribution in [2.24, 2.45) is 0 Å². The van der Waals surface area contributed by atoms with E-state index in [1.165, 1.54) is 18.6 Å². The van der Waals surface area contributed by atoms with Gasteiger partial charge in [-0.15, -0.1) is 0 Å². The van der Waals surface area contributed by atoms with Gasteiger partial charge < -0.3 is 20.1 Å². The maximum Gasteiger partial charge on any atom is 0.344 e. The Kier molecular flexibility index (Phi) is 4.03. The van der Waals surface area contributed by atoms with E-state index >= 15 is 0 Å². The molecule has 7 heteroatoms. The minimum atomic E-state index is -0.436. The van der Waals surface area contributed by atoms with E-state index in [-0.39, 0.29) is 11.9 Å². The molecular weight excluding hydrogens is 254 g/mol. The molecule has 1 aliphatic heterocycles. The number of hydrogen-bond donors (Lipinski definition) is 1. The van der Waals surface area contributed by atoms with Crippen molar-refractivity contribution in [3.05, 3.63) is 5.56 Å². The lowest BCUT2D eigenvalue weighted by atomic mass is 10.2. The van der Waals surface area contributed by atoms with Crippen molar-refractivity contribution >= 4 is 28.3 Å². The number of nitrogens with two attached hydrogens (primary N) is 1. The van der Waals surface area contributed by atoms with Gasteiger partial charge in [0.2, 0.25) is 0 Å². The Morgan fingerprint density at radius 3 is 3.17 bits per heavy atom. The Morgan fingerprint density at radius 1 is 1.67 bits per heavy atom. The van der Waals surface area contributed by atoms with Crippen LogP contribution in [0.2, 0.25) is 0 Å². The monoisotopic (exact) mass is 271 g/mol. The predicted octanol–water partition coefficient (Wildman–Crippen LogP) is 1.13. The zero-order valence-corrected chi connectivity index (χ0v) is 11.3. The Hall–Kier alpha value is -1.34. The highest BCUT2D eigenvalue weighted by Gasteiger charge is 2.26. The molecule has 0 saturated carbocycles. The van der Waals surface area contributed by atoms with Crippen LogP contribution in [0.15, 0.2) is 0 Å². The van der Waals surface area contributed by atoms with Gasteiger partial charge in [0, 0.05) is 19.7 Å². The summed E-state index contributed by atoms with van der Waals surface area (Å²) in [6.07, 6.45) is 1.05. The average molecular weight is 271 g/mol. The highest BCUT2D eigenvalue weighted by molar-refractivity contribution is 7.11. The molecule has 0 aromatic carbocycles. The van der Waals surface area contributed by atoms with Crippen molar-refractivity contribution in [1.29, 1.82) is 0 Å². The summed E-state index contributed by atoms with van der Waals surface area (Å²) in [6, 6.07) is 0. The van der Waals surface area contributed by atoms with Crippen LogP contribution in [0.4, 0.5) is 10.8 Å². The molecule has 1 atom stereocenters. The average Bonchev–Trinajstić information content (AvgIpc) is 2.60. The molecule has 6 nitrogen and oxygen atoms in total. The molecule has 1 aliphatic rings. The second-order valence-corrected chi connectivity index (χ2v) is 4.97. The van der Waals surface area contributed by atoms with E-state index in [0.29, 0.717) is 5.56 Å². The van der Waals surface area contributed by atoms with E-state index in [4.69, 9.17) is 15.2 Å². The first-order valence-electron chi connectivity index (χ1n) is 5.83. The van der Waals surface area contributed by atoms with Gasteiger partial charge in [0.05, 0.1) is 13.2 Å². The number of methoxy groups -OCH3 is 1. The summed E-state index contributed by atoms with van der Waals surface area (Å²) < 4.78 is 14.4.